The summed E-state index contributed by atoms with van der Waals surface area (Å²) in [4.78, 5) is 26.4. The molecule has 1 N–H and O–H groups in total. The predicted octanol–water partition coefficient (Wildman–Crippen LogP) is 4.13. The molecular formula is C18H14N2O4. The average molecular weight is 322 g/mol. The summed E-state index contributed by atoms with van der Waals surface area (Å²) in [6.45, 7) is 3.86. The van der Waals surface area contributed by atoms with E-state index in [9.17, 15) is 20.0 Å². The Bertz CT molecular complexity index is 978. The highest BCUT2D eigenvalue weighted by Crippen LogP contribution is 2.28. The number of pyridine rings is 1. The fourth-order valence-corrected chi connectivity index (χ4v) is 2.56. The van der Waals surface area contributed by atoms with Crippen LogP contribution in [-0.2, 0) is 0 Å². The first-order valence-electron chi connectivity index (χ1n) is 7.27. The fourth-order valence-electron chi connectivity index (χ4n) is 2.56. The molecule has 3 rings (SSSR count). The number of aromatic nitrogens is 1. The molecule has 120 valence electrons. The maximum Gasteiger partial charge on any atom is 0.336 e. The molecule has 0 aliphatic heterocycles. The Hall–Kier alpha value is -3.28. The van der Waals surface area contributed by atoms with Crippen LogP contribution in [0.25, 0.3) is 22.2 Å². The second kappa shape index (κ2) is 5.73. The normalized spacial score (nSPS) is 10.8. The van der Waals surface area contributed by atoms with E-state index in [2.05, 4.69) is 4.98 Å². The number of hydrogen-bond donors (Lipinski definition) is 1. The molecule has 0 unspecified atom stereocenters. The molecule has 24 heavy (non-hydrogen) atoms. The second-order valence-corrected chi connectivity index (χ2v) is 5.62. The maximum atomic E-state index is 11.6. The van der Waals surface area contributed by atoms with E-state index >= 15 is 0 Å². The molecule has 1 aromatic heterocycles. The van der Waals surface area contributed by atoms with Gasteiger partial charge in [-0.3, -0.25) is 10.1 Å². The minimum absolute atomic E-state index is 0.0236. The minimum Gasteiger partial charge on any atom is -0.478 e. The highest BCUT2D eigenvalue weighted by Gasteiger charge is 2.15. The topological polar surface area (TPSA) is 93.3 Å². The van der Waals surface area contributed by atoms with Crippen LogP contribution in [0.5, 0.6) is 0 Å². The Morgan fingerprint density at radius 3 is 2.29 bits per heavy atom. The van der Waals surface area contributed by atoms with Gasteiger partial charge in [-0.25, -0.2) is 9.78 Å². The number of carboxylic acids is 1. The molecule has 2 aromatic carbocycles. The molecule has 0 aliphatic carbocycles. The number of nitrogens with zero attached hydrogens (tertiary/aromatic N) is 2. The first-order valence-corrected chi connectivity index (χ1v) is 7.27. The third-order valence-corrected chi connectivity index (χ3v) is 4.03. The zero-order valence-corrected chi connectivity index (χ0v) is 13.1. The fraction of sp³-hybridized carbons (Fsp3) is 0.111. The van der Waals surface area contributed by atoms with Crippen molar-refractivity contribution in [2.45, 2.75) is 13.8 Å². The van der Waals surface area contributed by atoms with Gasteiger partial charge in [0.25, 0.3) is 5.69 Å². The molecule has 0 amide bonds. The number of non-ortho nitro benzene ring substituents is 1. The summed E-state index contributed by atoms with van der Waals surface area (Å²) in [5.74, 6) is -1.03. The SMILES string of the molecule is Cc1cc2nc(-c3ccc([N+](=O)[O-])cc3)cc(C(=O)O)c2cc1C. The van der Waals surface area contributed by atoms with Gasteiger partial charge in [0.15, 0.2) is 0 Å². The lowest BCUT2D eigenvalue weighted by atomic mass is 10.00. The van der Waals surface area contributed by atoms with Gasteiger partial charge < -0.3 is 5.11 Å². The number of benzene rings is 2. The predicted molar refractivity (Wildman–Crippen MR) is 90.3 cm³/mol. The first kappa shape index (κ1) is 15.6. The number of fused-ring (bicyclic) bond motifs is 1. The van der Waals surface area contributed by atoms with Crippen molar-refractivity contribution < 1.29 is 14.8 Å². The average Bonchev–Trinajstić information content (AvgIpc) is 2.55. The molecule has 0 fully saturated rings. The lowest BCUT2D eigenvalue weighted by Crippen LogP contribution is -2.01. The van der Waals surface area contributed by atoms with Crippen molar-refractivity contribution in [2.75, 3.05) is 0 Å². The van der Waals surface area contributed by atoms with Gasteiger partial charge in [0.2, 0.25) is 0 Å². The largest absolute Gasteiger partial charge is 0.478 e. The number of carbonyl (C=O) groups is 1. The summed E-state index contributed by atoms with van der Waals surface area (Å²) < 4.78 is 0. The van der Waals surface area contributed by atoms with Gasteiger partial charge in [-0.1, -0.05) is 0 Å². The van der Waals surface area contributed by atoms with Crippen LogP contribution in [0.15, 0.2) is 42.5 Å². The van der Waals surface area contributed by atoms with Crippen molar-refractivity contribution in [3.05, 3.63) is 69.3 Å². The van der Waals surface area contributed by atoms with Crippen LogP contribution >= 0.6 is 0 Å². The molecule has 0 radical (unpaired) electrons. The number of nitro benzene ring substituents is 1. The highest BCUT2D eigenvalue weighted by atomic mass is 16.6. The molecule has 0 saturated carbocycles. The summed E-state index contributed by atoms with van der Waals surface area (Å²) in [6, 6.07) is 11.1. The van der Waals surface area contributed by atoms with Gasteiger partial charge in [-0.05, 0) is 55.3 Å². The number of hydrogen-bond acceptors (Lipinski definition) is 4. The molecule has 0 atom stereocenters. The molecule has 1 heterocycles. The Morgan fingerprint density at radius 1 is 1.08 bits per heavy atom. The molecule has 0 spiro atoms. The van der Waals surface area contributed by atoms with Crippen LogP contribution in [0.2, 0.25) is 0 Å². The quantitative estimate of drug-likeness (QED) is 0.578. The standard InChI is InChI=1S/C18H14N2O4/c1-10-7-14-15(18(21)22)9-16(19-17(14)8-11(10)2)12-3-5-13(6-4-12)20(23)24/h3-9H,1-2H3,(H,21,22). The zero-order chi connectivity index (χ0) is 17.4. The van der Waals surface area contributed by atoms with Gasteiger partial charge >= 0.3 is 5.97 Å². The van der Waals surface area contributed by atoms with Gasteiger partial charge in [-0.2, -0.15) is 0 Å². The Labute approximate surface area is 137 Å². The van der Waals surface area contributed by atoms with Crippen LogP contribution in [0.3, 0.4) is 0 Å². The smallest absolute Gasteiger partial charge is 0.336 e. The third kappa shape index (κ3) is 2.69. The van der Waals surface area contributed by atoms with Crippen molar-refractivity contribution in [3.8, 4) is 11.3 Å². The number of rotatable bonds is 3. The van der Waals surface area contributed by atoms with Crippen LogP contribution in [0.1, 0.15) is 21.5 Å². The van der Waals surface area contributed by atoms with Gasteiger partial charge in [0.1, 0.15) is 0 Å². The van der Waals surface area contributed by atoms with Crippen molar-refractivity contribution >= 4 is 22.6 Å². The van der Waals surface area contributed by atoms with Gasteiger partial charge in [0, 0.05) is 23.1 Å². The van der Waals surface area contributed by atoms with E-state index in [0.717, 1.165) is 11.1 Å². The molecule has 0 bridgehead atoms. The Balaban J connectivity index is 2.23. The number of aromatic carboxylic acids is 1. The van der Waals surface area contributed by atoms with E-state index < -0.39 is 10.9 Å². The number of aryl methyl sites for hydroxylation is 2. The Kier molecular flexibility index (Phi) is 3.73. The van der Waals surface area contributed by atoms with E-state index in [1.54, 1.807) is 12.1 Å². The van der Waals surface area contributed by atoms with Crippen molar-refractivity contribution in [1.29, 1.82) is 0 Å². The van der Waals surface area contributed by atoms with E-state index in [1.165, 1.54) is 18.2 Å². The zero-order valence-electron chi connectivity index (χ0n) is 13.1. The van der Waals surface area contributed by atoms with Crippen LogP contribution < -0.4 is 0 Å². The van der Waals surface area contributed by atoms with Crippen molar-refractivity contribution in [3.63, 3.8) is 0 Å². The summed E-state index contributed by atoms with van der Waals surface area (Å²) >= 11 is 0. The summed E-state index contributed by atoms with van der Waals surface area (Å²) in [6.07, 6.45) is 0. The summed E-state index contributed by atoms with van der Waals surface area (Å²) in [5.41, 5.74) is 3.84. The third-order valence-electron chi connectivity index (χ3n) is 4.03. The molecule has 6 heteroatoms. The monoisotopic (exact) mass is 322 g/mol. The van der Waals surface area contributed by atoms with E-state index in [4.69, 9.17) is 0 Å². The van der Waals surface area contributed by atoms with Crippen molar-refractivity contribution in [1.82, 2.24) is 4.98 Å². The van der Waals surface area contributed by atoms with Crippen LogP contribution in [0.4, 0.5) is 5.69 Å². The lowest BCUT2D eigenvalue weighted by Gasteiger charge is -2.09. The number of nitro groups is 1. The van der Waals surface area contributed by atoms with Gasteiger partial charge in [-0.15, -0.1) is 0 Å². The summed E-state index contributed by atoms with van der Waals surface area (Å²) in [5, 5.41) is 20.8. The van der Waals surface area contributed by atoms with E-state index in [1.807, 2.05) is 26.0 Å². The first-order chi connectivity index (χ1) is 11.4. The molecular weight excluding hydrogens is 308 g/mol. The van der Waals surface area contributed by atoms with Crippen LogP contribution in [-0.4, -0.2) is 21.0 Å². The molecule has 0 aliphatic rings. The maximum absolute atomic E-state index is 11.6. The Morgan fingerprint density at radius 2 is 1.71 bits per heavy atom. The minimum atomic E-state index is -1.03. The molecule has 3 aromatic rings. The van der Waals surface area contributed by atoms with Crippen LogP contribution in [0, 0.1) is 24.0 Å². The highest BCUT2D eigenvalue weighted by molar-refractivity contribution is 6.04. The summed E-state index contributed by atoms with van der Waals surface area (Å²) in [7, 11) is 0. The van der Waals surface area contributed by atoms with E-state index in [-0.39, 0.29) is 11.3 Å². The van der Waals surface area contributed by atoms with Gasteiger partial charge in [0.05, 0.1) is 21.7 Å². The molecule has 0 saturated heterocycles. The van der Waals surface area contributed by atoms with Crippen molar-refractivity contribution in [2.24, 2.45) is 0 Å². The lowest BCUT2D eigenvalue weighted by molar-refractivity contribution is -0.384. The number of carboxylic acid groups (broad SMARTS) is 1. The second-order valence-electron chi connectivity index (χ2n) is 5.62. The van der Waals surface area contributed by atoms with E-state index in [0.29, 0.717) is 22.2 Å². The molecule has 6 nitrogen and oxygen atoms in total.